The molecule has 116 valence electrons. The number of hydrogen-bond donors (Lipinski definition) is 2. The highest BCUT2D eigenvalue weighted by Gasteiger charge is 2.18. The first-order valence-corrected chi connectivity index (χ1v) is 8.18. The van der Waals surface area contributed by atoms with E-state index in [9.17, 15) is 18.3 Å². The van der Waals surface area contributed by atoms with E-state index >= 15 is 0 Å². The van der Waals surface area contributed by atoms with Crippen molar-refractivity contribution < 1.29 is 18.3 Å². The Morgan fingerprint density at radius 1 is 1.04 bits per heavy atom. The van der Waals surface area contributed by atoms with E-state index in [1.807, 2.05) is 0 Å². The quantitative estimate of drug-likeness (QED) is 0.766. The molecular formula is C16H12N2O4S. The van der Waals surface area contributed by atoms with E-state index < -0.39 is 16.0 Å². The monoisotopic (exact) mass is 328 g/mol. The summed E-state index contributed by atoms with van der Waals surface area (Å²) in [6.07, 6.45) is 0. The Morgan fingerprint density at radius 3 is 2.39 bits per heavy atom. The molecule has 0 amide bonds. The molecule has 0 radical (unpaired) electrons. The Bertz CT molecular complexity index is 1030. The lowest BCUT2D eigenvalue weighted by Crippen LogP contribution is -2.13. The molecule has 0 fully saturated rings. The zero-order chi connectivity index (χ0) is 16.6. The van der Waals surface area contributed by atoms with E-state index in [4.69, 9.17) is 5.14 Å². The second kappa shape index (κ2) is 5.45. The lowest BCUT2D eigenvalue weighted by Gasteiger charge is -2.10. The summed E-state index contributed by atoms with van der Waals surface area (Å²) in [5, 5.41) is 15.1. The second-order valence-corrected chi connectivity index (χ2v) is 6.45. The summed E-state index contributed by atoms with van der Waals surface area (Å²) in [4.78, 5) is 15.8. The van der Waals surface area contributed by atoms with Crippen molar-refractivity contribution in [2.24, 2.45) is 5.14 Å². The topological polar surface area (TPSA) is 110 Å². The highest BCUT2D eigenvalue weighted by molar-refractivity contribution is 7.89. The highest BCUT2D eigenvalue weighted by Crippen LogP contribution is 2.29. The number of para-hydroxylation sites is 1. The normalized spacial score (nSPS) is 11.5. The average Bonchev–Trinajstić information content (AvgIpc) is 2.53. The minimum absolute atomic E-state index is 0.0508. The highest BCUT2D eigenvalue weighted by atomic mass is 32.2. The fourth-order valence-corrected chi connectivity index (χ4v) is 3.16. The molecule has 0 bridgehead atoms. The molecule has 3 N–H and O–H groups in total. The summed E-state index contributed by atoms with van der Waals surface area (Å²) in [5.74, 6) is -1.11. The fourth-order valence-electron chi connectivity index (χ4n) is 2.42. The van der Waals surface area contributed by atoms with E-state index in [0.29, 0.717) is 10.9 Å². The third-order valence-electron chi connectivity index (χ3n) is 3.42. The van der Waals surface area contributed by atoms with Crippen LogP contribution in [0.5, 0.6) is 0 Å². The number of hydrogen-bond acceptors (Lipinski definition) is 4. The molecule has 2 aromatic carbocycles. The van der Waals surface area contributed by atoms with Gasteiger partial charge in [0.2, 0.25) is 10.0 Å². The number of primary sulfonamides is 1. The minimum atomic E-state index is -3.96. The summed E-state index contributed by atoms with van der Waals surface area (Å²) >= 11 is 0. The van der Waals surface area contributed by atoms with Crippen LogP contribution in [-0.4, -0.2) is 24.5 Å². The van der Waals surface area contributed by atoms with Crippen LogP contribution < -0.4 is 5.14 Å². The van der Waals surface area contributed by atoms with Crippen molar-refractivity contribution in [3.8, 4) is 11.3 Å². The number of nitrogens with two attached hydrogens (primary N) is 1. The standard InChI is InChI=1S/C16H12N2O4S/c17-23(21,22)15-8-4-2-6-11(15)14-9-12(16(19)20)10-5-1-3-7-13(10)18-14/h1-9H,(H,19,20)(H2,17,21,22). The number of sulfonamides is 1. The van der Waals surface area contributed by atoms with Crippen LogP contribution in [0.15, 0.2) is 59.5 Å². The lowest BCUT2D eigenvalue weighted by molar-refractivity contribution is 0.0699. The number of carbonyl (C=O) groups is 1. The molecular weight excluding hydrogens is 316 g/mol. The Labute approximate surface area is 132 Å². The van der Waals surface area contributed by atoms with Gasteiger partial charge in [0.25, 0.3) is 0 Å². The largest absolute Gasteiger partial charge is 0.478 e. The summed E-state index contributed by atoms with van der Waals surface area (Å²) < 4.78 is 23.5. The van der Waals surface area contributed by atoms with Crippen LogP contribution in [0.1, 0.15) is 10.4 Å². The third-order valence-corrected chi connectivity index (χ3v) is 4.39. The van der Waals surface area contributed by atoms with Gasteiger partial charge in [-0.15, -0.1) is 0 Å². The molecule has 1 aromatic heterocycles. The number of fused-ring (bicyclic) bond motifs is 1. The molecule has 23 heavy (non-hydrogen) atoms. The van der Waals surface area contributed by atoms with Crippen molar-refractivity contribution in [2.75, 3.05) is 0 Å². The van der Waals surface area contributed by atoms with Crippen molar-refractivity contribution in [2.45, 2.75) is 4.90 Å². The molecule has 0 atom stereocenters. The predicted octanol–water partition coefficient (Wildman–Crippen LogP) is 2.25. The Balaban J connectivity index is 2.37. The summed E-state index contributed by atoms with van der Waals surface area (Å²) in [6.45, 7) is 0. The van der Waals surface area contributed by atoms with Gasteiger partial charge in [0.15, 0.2) is 0 Å². The minimum Gasteiger partial charge on any atom is -0.478 e. The van der Waals surface area contributed by atoms with Crippen LogP contribution in [0.25, 0.3) is 22.2 Å². The number of carboxylic acid groups (broad SMARTS) is 1. The van der Waals surface area contributed by atoms with Gasteiger partial charge < -0.3 is 5.11 Å². The van der Waals surface area contributed by atoms with Gasteiger partial charge in [0.1, 0.15) is 0 Å². The number of carboxylic acids is 1. The molecule has 0 saturated heterocycles. The zero-order valence-electron chi connectivity index (χ0n) is 11.8. The van der Waals surface area contributed by atoms with Gasteiger partial charge in [-0.1, -0.05) is 36.4 Å². The second-order valence-electron chi connectivity index (χ2n) is 4.92. The molecule has 3 aromatic rings. The third kappa shape index (κ3) is 2.79. The summed E-state index contributed by atoms with van der Waals surface area (Å²) in [6, 6.07) is 14.2. The lowest BCUT2D eigenvalue weighted by atomic mass is 10.0. The van der Waals surface area contributed by atoms with E-state index in [2.05, 4.69) is 4.98 Å². The maximum Gasteiger partial charge on any atom is 0.336 e. The molecule has 0 aliphatic rings. The molecule has 6 nitrogen and oxygen atoms in total. The van der Waals surface area contributed by atoms with E-state index in [1.165, 1.54) is 12.1 Å². The summed E-state index contributed by atoms with van der Waals surface area (Å²) in [7, 11) is -3.96. The number of aromatic carboxylic acids is 1. The van der Waals surface area contributed by atoms with Crippen molar-refractivity contribution in [1.29, 1.82) is 0 Å². The van der Waals surface area contributed by atoms with Gasteiger partial charge >= 0.3 is 5.97 Å². The number of pyridine rings is 1. The van der Waals surface area contributed by atoms with Gasteiger partial charge in [0, 0.05) is 10.9 Å². The Morgan fingerprint density at radius 2 is 1.70 bits per heavy atom. The molecule has 0 spiro atoms. The Hall–Kier alpha value is -2.77. The van der Waals surface area contributed by atoms with Crippen LogP contribution in [-0.2, 0) is 10.0 Å². The first kappa shape index (κ1) is 15.1. The first-order chi connectivity index (χ1) is 10.9. The maximum absolute atomic E-state index is 11.7. The molecule has 3 rings (SSSR count). The molecule has 0 aliphatic heterocycles. The van der Waals surface area contributed by atoms with Gasteiger partial charge in [-0.05, 0) is 18.2 Å². The Kier molecular flexibility index (Phi) is 3.59. The molecule has 1 heterocycles. The van der Waals surface area contributed by atoms with Crippen LogP contribution in [0.2, 0.25) is 0 Å². The molecule has 0 unspecified atom stereocenters. The smallest absolute Gasteiger partial charge is 0.336 e. The predicted molar refractivity (Wildman–Crippen MR) is 85.5 cm³/mol. The van der Waals surface area contributed by atoms with Crippen LogP contribution in [0, 0.1) is 0 Å². The van der Waals surface area contributed by atoms with Crippen LogP contribution >= 0.6 is 0 Å². The molecule has 7 heteroatoms. The van der Waals surface area contributed by atoms with E-state index in [0.717, 1.165) is 0 Å². The van der Waals surface area contributed by atoms with Gasteiger partial charge in [-0.2, -0.15) is 0 Å². The van der Waals surface area contributed by atoms with Crippen molar-refractivity contribution in [1.82, 2.24) is 4.98 Å². The number of benzene rings is 2. The molecule has 0 aliphatic carbocycles. The first-order valence-electron chi connectivity index (χ1n) is 6.63. The molecule has 0 saturated carbocycles. The number of aromatic nitrogens is 1. The fraction of sp³-hybridized carbons (Fsp3) is 0. The summed E-state index contributed by atoms with van der Waals surface area (Å²) in [5.41, 5.74) is 1.02. The van der Waals surface area contributed by atoms with Crippen LogP contribution in [0.3, 0.4) is 0 Å². The van der Waals surface area contributed by atoms with Gasteiger partial charge in [0.05, 0.1) is 21.7 Å². The van der Waals surface area contributed by atoms with Crippen LogP contribution in [0.4, 0.5) is 0 Å². The average molecular weight is 328 g/mol. The van der Waals surface area contributed by atoms with Crippen molar-refractivity contribution >= 4 is 26.9 Å². The van der Waals surface area contributed by atoms with E-state index in [1.54, 1.807) is 42.5 Å². The van der Waals surface area contributed by atoms with E-state index in [-0.39, 0.29) is 21.7 Å². The van der Waals surface area contributed by atoms with Crippen molar-refractivity contribution in [3.63, 3.8) is 0 Å². The van der Waals surface area contributed by atoms with Crippen molar-refractivity contribution in [3.05, 3.63) is 60.2 Å². The number of nitrogens with zero attached hydrogens (tertiary/aromatic N) is 1. The zero-order valence-corrected chi connectivity index (χ0v) is 12.6. The maximum atomic E-state index is 11.7. The number of rotatable bonds is 3. The van der Waals surface area contributed by atoms with Gasteiger partial charge in [-0.3, -0.25) is 0 Å². The van der Waals surface area contributed by atoms with Gasteiger partial charge in [-0.25, -0.2) is 23.3 Å². The SMILES string of the molecule is NS(=O)(=O)c1ccccc1-c1cc(C(=O)O)c2ccccc2n1.